The van der Waals surface area contributed by atoms with Crippen molar-refractivity contribution in [3.05, 3.63) is 65.5 Å². The molecule has 1 N–H and O–H groups in total. The zero-order valence-electron chi connectivity index (χ0n) is 17.4. The Hall–Kier alpha value is -2.89. The summed E-state index contributed by atoms with van der Waals surface area (Å²) in [5.74, 6) is -0.500. The van der Waals surface area contributed by atoms with Crippen LogP contribution in [0.15, 0.2) is 48.5 Å². The van der Waals surface area contributed by atoms with E-state index in [0.717, 1.165) is 17.5 Å². The Labute approximate surface area is 171 Å². The molecule has 5 nitrogen and oxygen atoms in total. The minimum absolute atomic E-state index is 0.0239. The quantitative estimate of drug-likeness (QED) is 0.696. The molecule has 0 aliphatic rings. The summed E-state index contributed by atoms with van der Waals surface area (Å²) in [6.45, 7) is 7.66. The summed E-state index contributed by atoms with van der Waals surface area (Å²) in [6, 6.07) is 12.6. The van der Waals surface area contributed by atoms with E-state index in [2.05, 4.69) is 5.32 Å². The van der Waals surface area contributed by atoms with Crippen LogP contribution in [0.3, 0.4) is 0 Å². The molecule has 156 valence electrons. The van der Waals surface area contributed by atoms with Gasteiger partial charge < -0.3 is 15.0 Å². The molecule has 0 aliphatic carbocycles. The lowest BCUT2D eigenvalue weighted by atomic mass is 10.1. The predicted molar refractivity (Wildman–Crippen MR) is 111 cm³/mol. The van der Waals surface area contributed by atoms with E-state index in [1.807, 2.05) is 45.0 Å². The molecular formula is C23H29FN2O3. The minimum Gasteiger partial charge on any atom is -0.484 e. The molecule has 0 aromatic heterocycles. The Morgan fingerprint density at radius 3 is 2.38 bits per heavy atom. The van der Waals surface area contributed by atoms with Crippen molar-refractivity contribution in [2.45, 2.75) is 52.7 Å². The van der Waals surface area contributed by atoms with Crippen molar-refractivity contribution >= 4 is 11.8 Å². The van der Waals surface area contributed by atoms with E-state index < -0.39 is 6.04 Å². The van der Waals surface area contributed by atoms with Crippen LogP contribution in [0.2, 0.25) is 0 Å². The summed E-state index contributed by atoms with van der Waals surface area (Å²) in [5, 5.41) is 2.93. The first-order chi connectivity index (χ1) is 13.8. The van der Waals surface area contributed by atoms with Gasteiger partial charge >= 0.3 is 0 Å². The van der Waals surface area contributed by atoms with E-state index in [-0.39, 0.29) is 30.3 Å². The number of ether oxygens (including phenoxy) is 1. The first kappa shape index (κ1) is 22.4. The zero-order valence-corrected chi connectivity index (χ0v) is 17.4. The molecule has 2 rings (SSSR count). The first-order valence-electron chi connectivity index (χ1n) is 9.84. The van der Waals surface area contributed by atoms with E-state index >= 15 is 0 Å². The van der Waals surface area contributed by atoms with Crippen molar-refractivity contribution in [3.63, 3.8) is 0 Å². The molecule has 2 amide bonds. The Bertz CT molecular complexity index is 823. The van der Waals surface area contributed by atoms with Gasteiger partial charge in [0.1, 0.15) is 17.6 Å². The Kier molecular flexibility index (Phi) is 8.19. The van der Waals surface area contributed by atoms with E-state index in [4.69, 9.17) is 4.74 Å². The lowest BCUT2D eigenvalue weighted by Crippen LogP contribution is -2.50. The van der Waals surface area contributed by atoms with Gasteiger partial charge in [0.2, 0.25) is 5.91 Å². The van der Waals surface area contributed by atoms with Crippen LogP contribution in [0.1, 0.15) is 38.3 Å². The number of hydrogen-bond donors (Lipinski definition) is 1. The maximum absolute atomic E-state index is 13.0. The second-order valence-corrected chi connectivity index (χ2v) is 7.18. The molecule has 2 aromatic rings. The van der Waals surface area contributed by atoms with Crippen LogP contribution in [0, 0.1) is 12.7 Å². The van der Waals surface area contributed by atoms with Crippen molar-refractivity contribution in [2.24, 2.45) is 0 Å². The highest BCUT2D eigenvalue weighted by Gasteiger charge is 2.27. The van der Waals surface area contributed by atoms with Gasteiger partial charge in [-0.25, -0.2) is 4.39 Å². The fourth-order valence-electron chi connectivity index (χ4n) is 2.78. The number of amides is 2. The normalized spacial score (nSPS) is 12.7. The van der Waals surface area contributed by atoms with E-state index in [1.54, 1.807) is 6.92 Å². The number of carbonyl (C=O) groups is 2. The van der Waals surface area contributed by atoms with Crippen molar-refractivity contribution < 1.29 is 18.7 Å². The summed E-state index contributed by atoms with van der Waals surface area (Å²) >= 11 is 0. The van der Waals surface area contributed by atoms with E-state index in [0.29, 0.717) is 12.3 Å². The van der Waals surface area contributed by atoms with Crippen LogP contribution < -0.4 is 10.1 Å². The monoisotopic (exact) mass is 400 g/mol. The minimum atomic E-state index is -0.659. The van der Waals surface area contributed by atoms with Gasteiger partial charge in [0.05, 0.1) is 0 Å². The average molecular weight is 400 g/mol. The van der Waals surface area contributed by atoms with Gasteiger partial charge in [-0.1, -0.05) is 31.2 Å². The fraction of sp³-hybridized carbons (Fsp3) is 0.391. The Balaban J connectivity index is 2.15. The van der Waals surface area contributed by atoms with Gasteiger partial charge in [0, 0.05) is 12.6 Å². The molecular weight excluding hydrogens is 371 g/mol. The van der Waals surface area contributed by atoms with Crippen LogP contribution in [-0.2, 0) is 16.1 Å². The molecule has 0 heterocycles. The molecule has 0 radical (unpaired) electrons. The first-order valence-corrected chi connectivity index (χ1v) is 9.84. The zero-order chi connectivity index (χ0) is 21.4. The smallest absolute Gasteiger partial charge is 0.261 e. The number of nitrogens with zero attached hydrogens (tertiary/aromatic N) is 1. The molecule has 0 saturated heterocycles. The number of benzene rings is 2. The number of hydrogen-bond acceptors (Lipinski definition) is 3. The van der Waals surface area contributed by atoms with Crippen molar-refractivity contribution in [2.75, 3.05) is 6.61 Å². The summed E-state index contributed by atoms with van der Waals surface area (Å²) in [5.41, 5.74) is 2.00. The van der Waals surface area contributed by atoms with Crippen LogP contribution in [-0.4, -0.2) is 35.4 Å². The van der Waals surface area contributed by atoms with Crippen LogP contribution >= 0.6 is 0 Å². The lowest BCUT2D eigenvalue weighted by molar-refractivity contribution is -0.142. The third kappa shape index (κ3) is 6.59. The van der Waals surface area contributed by atoms with Crippen LogP contribution in [0.5, 0.6) is 5.75 Å². The molecule has 2 atom stereocenters. The SMILES string of the molecule is CC[C@H](C)NC(=O)[C@H](C)N(Cc1ccccc1C)C(=O)COc1ccc(F)cc1. The molecule has 6 heteroatoms. The number of nitrogens with one attached hydrogen (secondary N) is 1. The van der Waals surface area contributed by atoms with Gasteiger partial charge in [-0.2, -0.15) is 0 Å². The highest BCUT2D eigenvalue weighted by Crippen LogP contribution is 2.15. The highest BCUT2D eigenvalue weighted by atomic mass is 19.1. The van der Waals surface area contributed by atoms with Gasteiger partial charge in [-0.3, -0.25) is 9.59 Å². The molecule has 29 heavy (non-hydrogen) atoms. The van der Waals surface area contributed by atoms with Gasteiger partial charge in [-0.05, 0) is 62.6 Å². The Morgan fingerprint density at radius 2 is 1.76 bits per heavy atom. The number of halogens is 1. The largest absolute Gasteiger partial charge is 0.484 e. The van der Waals surface area contributed by atoms with E-state index in [9.17, 15) is 14.0 Å². The fourth-order valence-corrected chi connectivity index (χ4v) is 2.78. The van der Waals surface area contributed by atoms with Crippen molar-refractivity contribution in [1.29, 1.82) is 0 Å². The topological polar surface area (TPSA) is 58.6 Å². The molecule has 0 aliphatic heterocycles. The third-order valence-corrected chi connectivity index (χ3v) is 4.95. The maximum atomic E-state index is 13.0. The van der Waals surface area contributed by atoms with E-state index in [1.165, 1.54) is 29.2 Å². The van der Waals surface area contributed by atoms with Crippen molar-refractivity contribution in [3.8, 4) is 5.75 Å². The molecule has 0 unspecified atom stereocenters. The maximum Gasteiger partial charge on any atom is 0.261 e. The van der Waals surface area contributed by atoms with Crippen LogP contribution in [0.4, 0.5) is 4.39 Å². The van der Waals surface area contributed by atoms with Gasteiger partial charge in [0.25, 0.3) is 5.91 Å². The second-order valence-electron chi connectivity index (χ2n) is 7.18. The summed E-state index contributed by atoms with van der Waals surface area (Å²) in [6.07, 6.45) is 0.803. The summed E-state index contributed by atoms with van der Waals surface area (Å²) < 4.78 is 18.6. The number of carbonyl (C=O) groups excluding carboxylic acids is 2. The molecule has 2 aromatic carbocycles. The molecule has 0 fully saturated rings. The van der Waals surface area contributed by atoms with Gasteiger partial charge in [-0.15, -0.1) is 0 Å². The highest BCUT2D eigenvalue weighted by molar-refractivity contribution is 5.88. The molecule has 0 bridgehead atoms. The summed E-state index contributed by atoms with van der Waals surface area (Å²) in [7, 11) is 0. The van der Waals surface area contributed by atoms with Crippen molar-refractivity contribution in [1.82, 2.24) is 10.2 Å². The number of aryl methyl sites for hydroxylation is 1. The lowest BCUT2D eigenvalue weighted by Gasteiger charge is -2.30. The van der Waals surface area contributed by atoms with Gasteiger partial charge in [0.15, 0.2) is 6.61 Å². The summed E-state index contributed by atoms with van der Waals surface area (Å²) in [4.78, 5) is 27.1. The molecule has 0 saturated carbocycles. The standard InChI is InChI=1S/C23H29FN2O3/c1-5-17(3)25-23(28)18(4)26(14-19-9-7-6-8-16(19)2)22(27)15-29-21-12-10-20(24)11-13-21/h6-13,17-18H,5,14-15H2,1-4H3,(H,25,28)/t17-,18-/m0/s1. The Morgan fingerprint density at radius 1 is 1.10 bits per heavy atom. The predicted octanol–water partition coefficient (Wildman–Crippen LogP) is 3.84. The third-order valence-electron chi connectivity index (χ3n) is 4.95. The average Bonchev–Trinajstić information content (AvgIpc) is 2.71. The van der Waals surface area contributed by atoms with Crippen LogP contribution in [0.25, 0.3) is 0 Å². The molecule has 0 spiro atoms. The second kappa shape index (κ2) is 10.6. The number of rotatable bonds is 9.